The molecule has 1 saturated heterocycles. The molecule has 3 aromatic rings. The van der Waals surface area contributed by atoms with Gasteiger partial charge in [0, 0.05) is 15.7 Å². The Kier molecular flexibility index (Phi) is 5.79. The number of hydrogen-bond acceptors (Lipinski definition) is 4. The Morgan fingerprint density at radius 2 is 1.65 bits per heavy atom. The molecule has 4 rings (SSSR count). The summed E-state index contributed by atoms with van der Waals surface area (Å²) in [5.41, 5.74) is 1.06. The molecule has 0 aliphatic carbocycles. The van der Waals surface area contributed by atoms with Crippen molar-refractivity contribution in [1.82, 2.24) is 0 Å². The normalized spacial score (nSPS) is 17.9. The Morgan fingerprint density at radius 1 is 0.935 bits per heavy atom. The average Bonchev–Trinajstić information content (AvgIpc) is 3.01. The SMILES string of the molecule is O=C1C(=O)N(c2ccc(Cl)c(Cl)c2)C(c2cccc(O)c2)/C1=C(\O)c1ccc(Br)cc1. The average molecular weight is 519 g/mol. The molecule has 1 atom stereocenters. The van der Waals surface area contributed by atoms with Crippen LogP contribution in [0.1, 0.15) is 17.2 Å². The third kappa shape index (κ3) is 3.94. The molecule has 2 N–H and O–H groups in total. The Hall–Kier alpha value is -2.80. The van der Waals surface area contributed by atoms with Crippen molar-refractivity contribution in [3.05, 3.63) is 97.9 Å². The summed E-state index contributed by atoms with van der Waals surface area (Å²) in [6.45, 7) is 0. The van der Waals surface area contributed by atoms with Crippen molar-refractivity contribution in [1.29, 1.82) is 0 Å². The van der Waals surface area contributed by atoms with Crippen LogP contribution in [0.15, 0.2) is 76.8 Å². The number of carbonyl (C=O) groups excluding carboxylic acids is 2. The van der Waals surface area contributed by atoms with E-state index in [4.69, 9.17) is 23.2 Å². The van der Waals surface area contributed by atoms with Crippen LogP contribution in [0.4, 0.5) is 5.69 Å². The topological polar surface area (TPSA) is 77.8 Å². The molecule has 0 saturated carbocycles. The number of halogens is 3. The number of hydrogen-bond donors (Lipinski definition) is 2. The summed E-state index contributed by atoms with van der Waals surface area (Å²) in [5.74, 6) is -2.03. The van der Waals surface area contributed by atoms with Gasteiger partial charge in [-0.2, -0.15) is 0 Å². The van der Waals surface area contributed by atoms with Gasteiger partial charge in [-0.15, -0.1) is 0 Å². The molecule has 1 amide bonds. The molecule has 1 aliphatic rings. The molecule has 0 bridgehead atoms. The number of aromatic hydroxyl groups is 1. The highest BCUT2D eigenvalue weighted by atomic mass is 79.9. The number of ketones is 1. The summed E-state index contributed by atoms with van der Waals surface area (Å²) in [6, 6.07) is 16.5. The summed E-state index contributed by atoms with van der Waals surface area (Å²) in [7, 11) is 0. The van der Waals surface area contributed by atoms with E-state index in [9.17, 15) is 19.8 Å². The third-order valence-electron chi connectivity index (χ3n) is 4.93. The fraction of sp³-hybridized carbons (Fsp3) is 0.0435. The standard InChI is InChI=1S/C23H14BrCl2NO4/c24-14-6-4-12(5-7-14)21(29)19-20(13-2-1-3-16(28)10-13)27(23(31)22(19)30)15-8-9-17(25)18(26)11-15/h1-11,20,28-29H/b21-19+. The van der Waals surface area contributed by atoms with Gasteiger partial charge >= 0.3 is 0 Å². The van der Waals surface area contributed by atoms with Gasteiger partial charge in [0.15, 0.2) is 0 Å². The monoisotopic (exact) mass is 517 g/mol. The molecule has 31 heavy (non-hydrogen) atoms. The van der Waals surface area contributed by atoms with E-state index in [1.54, 1.807) is 42.5 Å². The van der Waals surface area contributed by atoms with E-state index in [0.717, 1.165) is 4.47 Å². The second-order valence-corrected chi connectivity index (χ2v) is 8.60. The Balaban J connectivity index is 1.96. The zero-order valence-electron chi connectivity index (χ0n) is 15.7. The van der Waals surface area contributed by atoms with Crippen molar-refractivity contribution in [2.75, 3.05) is 4.90 Å². The van der Waals surface area contributed by atoms with Gasteiger partial charge in [0.2, 0.25) is 0 Å². The van der Waals surface area contributed by atoms with Gasteiger partial charge in [0.05, 0.1) is 21.7 Å². The fourth-order valence-electron chi connectivity index (χ4n) is 3.51. The van der Waals surface area contributed by atoms with Crippen LogP contribution in [0, 0.1) is 0 Å². The third-order valence-corrected chi connectivity index (χ3v) is 6.20. The molecular formula is C23H14BrCl2NO4. The lowest BCUT2D eigenvalue weighted by Crippen LogP contribution is -2.29. The fourth-order valence-corrected chi connectivity index (χ4v) is 4.06. The van der Waals surface area contributed by atoms with Gasteiger partial charge in [-0.05, 0) is 48.0 Å². The first-order valence-electron chi connectivity index (χ1n) is 9.09. The van der Waals surface area contributed by atoms with E-state index in [0.29, 0.717) is 21.8 Å². The number of Topliss-reactive ketones (excluding diaryl/α,β-unsaturated/α-hetero) is 1. The van der Waals surface area contributed by atoms with Crippen LogP contribution in [0.25, 0.3) is 5.76 Å². The zero-order valence-corrected chi connectivity index (χ0v) is 18.8. The van der Waals surface area contributed by atoms with E-state index in [-0.39, 0.29) is 22.1 Å². The Morgan fingerprint density at radius 3 is 2.29 bits per heavy atom. The maximum atomic E-state index is 13.1. The van der Waals surface area contributed by atoms with Crippen molar-refractivity contribution in [2.45, 2.75) is 6.04 Å². The van der Waals surface area contributed by atoms with Crippen molar-refractivity contribution >= 4 is 62.3 Å². The molecule has 1 aliphatic heterocycles. The van der Waals surface area contributed by atoms with Crippen molar-refractivity contribution in [3.63, 3.8) is 0 Å². The van der Waals surface area contributed by atoms with Crippen molar-refractivity contribution in [3.8, 4) is 5.75 Å². The number of nitrogens with zero attached hydrogens (tertiary/aromatic N) is 1. The highest BCUT2D eigenvalue weighted by molar-refractivity contribution is 9.10. The molecule has 1 fully saturated rings. The zero-order chi connectivity index (χ0) is 22.3. The smallest absolute Gasteiger partial charge is 0.300 e. The minimum absolute atomic E-state index is 0.0409. The summed E-state index contributed by atoms with van der Waals surface area (Å²) in [5, 5.41) is 21.5. The number of benzene rings is 3. The number of phenols is 1. The maximum absolute atomic E-state index is 13.1. The van der Waals surface area contributed by atoms with E-state index in [1.165, 1.54) is 29.2 Å². The predicted molar refractivity (Wildman–Crippen MR) is 123 cm³/mol. The summed E-state index contributed by atoms with van der Waals surface area (Å²) < 4.78 is 0.796. The van der Waals surface area contributed by atoms with E-state index >= 15 is 0 Å². The van der Waals surface area contributed by atoms with Crippen LogP contribution in [0.3, 0.4) is 0 Å². The second kappa shape index (κ2) is 8.38. The Labute approximate surface area is 196 Å². The molecule has 1 heterocycles. The van der Waals surface area contributed by atoms with Crippen molar-refractivity contribution < 1.29 is 19.8 Å². The molecule has 5 nitrogen and oxygen atoms in total. The number of aliphatic hydroxyl groups is 1. The first-order valence-corrected chi connectivity index (χ1v) is 10.6. The van der Waals surface area contributed by atoms with E-state index < -0.39 is 17.7 Å². The van der Waals surface area contributed by atoms with Crippen LogP contribution in [-0.4, -0.2) is 21.9 Å². The van der Waals surface area contributed by atoms with Crippen LogP contribution < -0.4 is 4.90 Å². The number of rotatable bonds is 3. The van der Waals surface area contributed by atoms with Gasteiger partial charge in [-0.1, -0.05) is 63.4 Å². The first-order chi connectivity index (χ1) is 14.8. The highest BCUT2D eigenvalue weighted by Crippen LogP contribution is 2.43. The highest BCUT2D eigenvalue weighted by Gasteiger charge is 2.47. The molecule has 1 unspecified atom stereocenters. The summed E-state index contributed by atoms with van der Waals surface area (Å²) in [4.78, 5) is 27.3. The largest absolute Gasteiger partial charge is 0.508 e. The molecular weight excluding hydrogens is 505 g/mol. The van der Waals surface area contributed by atoms with Crippen LogP contribution in [0.5, 0.6) is 5.75 Å². The lowest BCUT2D eigenvalue weighted by atomic mass is 9.95. The van der Waals surface area contributed by atoms with Gasteiger partial charge in [0.25, 0.3) is 11.7 Å². The summed E-state index contributed by atoms with van der Waals surface area (Å²) >= 11 is 15.5. The molecule has 3 aromatic carbocycles. The van der Waals surface area contributed by atoms with Crippen LogP contribution in [-0.2, 0) is 9.59 Å². The summed E-state index contributed by atoms with van der Waals surface area (Å²) in [6.07, 6.45) is 0. The number of amides is 1. The van der Waals surface area contributed by atoms with Gasteiger partial charge in [-0.25, -0.2) is 0 Å². The van der Waals surface area contributed by atoms with Crippen molar-refractivity contribution in [2.24, 2.45) is 0 Å². The first kappa shape index (κ1) is 21.4. The van der Waals surface area contributed by atoms with E-state index in [1.807, 2.05) is 0 Å². The number of carbonyl (C=O) groups is 2. The molecule has 0 spiro atoms. The predicted octanol–water partition coefficient (Wildman–Crippen LogP) is 6.09. The van der Waals surface area contributed by atoms with Gasteiger partial charge in [0.1, 0.15) is 11.5 Å². The quantitative estimate of drug-likeness (QED) is 0.250. The minimum atomic E-state index is -0.979. The van der Waals surface area contributed by atoms with Gasteiger partial charge in [-0.3, -0.25) is 14.5 Å². The minimum Gasteiger partial charge on any atom is -0.508 e. The molecule has 0 aromatic heterocycles. The number of aliphatic hydroxyl groups excluding tert-OH is 1. The number of phenolic OH excluding ortho intramolecular Hbond substituents is 1. The lowest BCUT2D eigenvalue weighted by Gasteiger charge is -2.25. The van der Waals surface area contributed by atoms with Gasteiger partial charge < -0.3 is 10.2 Å². The molecule has 156 valence electrons. The van der Waals surface area contributed by atoms with Crippen LogP contribution in [0.2, 0.25) is 10.0 Å². The lowest BCUT2D eigenvalue weighted by molar-refractivity contribution is -0.132. The van der Waals surface area contributed by atoms with Crippen LogP contribution >= 0.6 is 39.1 Å². The maximum Gasteiger partial charge on any atom is 0.300 e. The Bertz CT molecular complexity index is 1240. The molecule has 0 radical (unpaired) electrons. The van der Waals surface area contributed by atoms with E-state index in [2.05, 4.69) is 15.9 Å². The second-order valence-electron chi connectivity index (χ2n) is 6.87. The number of anilines is 1. The molecule has 8 heteroatoms.